The van der Waals surface area contributed by atoms with Gasteiger partial charge >= 0.3 is 0 Å². The van der Waals surface area contributed by atoms with Crippen molar-refractivity contribution in [2.45, 2.75) is 96.9 Å². The molecule has 0 N–H and O–H groups in total. The summed E-state index contributed by atoms with van der Waals surface area (Å²) in [5, 5.41) is 18.2. The topological polar surface area (TPSA) is 83.6 Å². The van der Waals surface area contributed by atoms with Crippen molar-refractivity contribution in [3.05, 3.63) is 117 Å². The van der Waals surface area contributed by atoms with E-state index in [1.165, 1.54) is 0 Å². The molecule has 0 heterocycles. The molecule has 2 aromatic rings. The number of halogens is 1. The van der Waals surface area contributed by atoms with Gasteiger partial charge in [-0.25, -0.2) is 0 Å². The lowest BCUT2D eigenvalue weighted by atomic mass is 9.72. The van der Waals surface area contributed by atoms with Gasteiger partial charge in [0, 0.05) is 22.3 Å². The molecule has 51 heavy (non-hydrogen) atoms. The molecule has 0 spiro atoms. The van der Waals surface area contributed by atoms with Crippen LogP contribution >= 0.6 is 11.6 Å². The third-order valence-corrected chi connectivity index (χ3v) is 9.30. The average molecular weight is 705 g/mol. The molecule has 2 aliphatic carbocycles. The smallest absolute Gasteiger partial charge is 0.186 e. The van der Waals surface area contributed by atoms with Crippen LogP contribution in [0.4, 0.5) is 11.4 Å². The van der Waals surface area contributed by atoms with Gasteiger partial charge in [0.25, 0.3) is 0 Å². The molecule has 0 radical (unpaired) electrons. The quantitative estimate of drug-likeness (QED) is 0.290. The molecule has 0 unspecified atom stereocenters. The number of hydrogen-bond donors (Lipinski definition) is 0. The van der Waals surface area contributed by atoms with Crippen LogP contribution in [0.3, 0.4) is 0 Å². The summed E-state index contributed by atoms with van der Waals surface area (Å²) in [7, 11) is 0. The Bertz CT molecular complexity index is 1950. The number of carbonyl (C=O) groups is 2. The van der Waals surface area contributed by atoms with E-state index >= 15 is 0 Å². The lowest BCUT2D eigenvalue weighted by Gasteiger charge is -2.31. The summed E-state index contributed by atoms with van der Waals surface area (Å²) in [6, 6.07) is 9.85. The number of benzene rings is 2. The zero-order chi connectivity index (χ0) is 38.3. The Kier molecular flexibility index (Phi) is 11.1. The van der Waals surface area contributed by atoms with Crippen molar-refractivity contribution in [1.29, 1.82) is 0 Å². The molecule has 2 aliphatic rings. The standard InChI is InChI=1S/C44H53ClN4O2/c1-26-18-38(49-47-25-29-21-34(43(9,10)11)40(51)35(22-29)44(12,13)14)27(2)17-31(26)30-15-16-37(36(45)23-30)48-46-24-28-19-32(41(3,4)5)39(50)33(20-28)42(6,7)8/h15-25H,1-14H3. The van der Waals surface area contributed by atoms with Gasteiger partial charge in [-0.1, -0.05) is 101 Å². The third kappa shape index (κ3) is 9.34. The van der Waals surface area contributed by atoms with Crippen LogP contribution in [0.25, 0.3) is 11.1 Å². The zero-order valence-electron chi connectivity index (χ0n) is 32.8. The first-order chi connectivity index (χ1) is 23.4. The Balaban J connectivity index is 1.59. The predicted molar refractivity (Wildman–Crippen MR) is 212 cm³/mol. The maximum atomic E-state index is 13.3. The molecule has 0 saturated carbocycles. The second kappa shape index (κ2) is 14.4. The van der Waals surface area contributed by atoms with Crippen LogP contribution in [0.1, 0.15) is 94.2 Å². The highest BCUT2D eigenvalue weighted by molar-refractivity contribution is 6.33. The monoisotopic (exact) mass is 704 g/mol. The first-order valence-electron chi connectivity index (χ1n) is 17.5. The summed E-state index contributed by atoms with van der Waals surface area (Å²) >= 11 is 6.72. The first kappa shape index (κ1) is 39.5. The zero-order valence-corrected chi connectivity index (χ0v) is 33.6. The maximum absolute atomic E-state index is 13.3. The van der Waals surface area contributed by atoms with Gasteiger partial charge in [0.1, 0.15) is 5.69 Å². The van der Waals surface area contributed by atoms with Gasteiger partial charge in [0.05, 0.1) is 23.1 Å². The van der Waals surface area contributed by atoms with Gasteiger partial charge in [-0.15, -0.1) is 5.11 Å². The highest BCUT2D eigenvalue weighted by Crippen LogP contribution is 2.41. The van der Waals surface area contributed by atoms with E-state index < -0.39 is 0 Å². The molecule has 0 aromatic heterocycles. The Morgan fingerprint density at radius 1 is 0.529 bits per heavy atom. The summed E-state index contributed by atoms with van der Waals surface area (Å²) in [6.07, 6.45) is 11.1. The molecule has 4 rings (SSSR count). The summed E-state index contributed by atoms with van der Waals surface area (Å²) < 4.78 is 0. The molecule has 7 heteroatoms. The Morgan fingerprint density at radius 3 is 1.29 bits per heavy atom. The molecule has 268 valence electrons. The fourth-order valence-corrected chi connectivity index (χ4v) is 6.19. The van der Waals surface area contributed by atoms with Gasteiger partial charge in [-0.3, -0.25) is 9.59 Å². The number of Topliss-reactive ketones (excluding diaryl/α,β-unsaturated/α-hetero) is 2. The SMILES string of the molecule is Cc1cc(-c2ccc(N=NC=C3C=C(C(C)(C)C)C(=O)C(C(C)(C)C)=C3)c(Cl)c2)c(C)cc1N=NC=C1C=C(C(C)(C)C)C(=O)C(C(C)(C)C)=C1. The van der Waals surface area contributed by atoms with E-state index in [1.807, 2.05) is 104 Å². The number of ketones is 2. The summed E-state index contributed by atoms with van der Waals surface area (Å²) in [6.45, 7) is 28.7. The highest BCUT2D eigenvalue weighted by atomic mass is 35.5. The Labute approximate surface area is 310 Å². The summed E-state index contributed by atoms with van der Waals surface area (Å²) in [4.78, 5) is 26.5. The maximum Gasteiger partial charge on any atom is 0.186 e. The number of rotatable bonds is 5. The van der Waals surface area contributed by atoms with E-state index in [2.05, 4.69) is 68.1 Å². The van der Waals surface area contributed by atoms with Crippen molar-refractivity contribution in [2.24, 2.45) is 42.1 Å². The second-order valence-corrected chi connectivity index (χ2v) is 18.1. The molecule has 0 aliphatic heterocycles. The van der Waals surface area contributed by atoms with Crippen LogP contribution in [0, 0.1) is 35.5 Å². The fourth-order valence-electron chi connectivity index (χ4n) is 5.97. The molecular formula is C44H53ClN4O2. The second-order valence-electron chi connectivity index (χ2n) is 17.7. The number of nitrogens with zero attached hydrogens (tertiary/aromatic N) is 4. The third-order valence-electron chi connectivity index (χ3n) is 9.00. The van der Waals surface area contributed by atoms with Crippen molar-refractivity contribution in [3.63, 3.8) is 0 Å². The summed E-state index contributed by atoms with van der Waals surface area (Å²) in [5.74, 6) is 0.177. The largest absolute Gasteiger partial charge is 0.289 e. The molecule has 0 saturated heterocycles. The highest BCUT2D eigenvalue weighted by Gasteiger charge is 2.35. The van der Waals surface area contributed by atoms with Crippen molar-refractivity contribution in [1.82, 2.24) is 0 Å². The molecule has 2 aromatic carbocycles. The molecule has 0 atom stereocenters. The molecule has 0 amide bonds. The van der Waals surface area contributed by atoms with E-state index in [0.29, 0.717) is 10.7 Å². The minimum atomic E-state index is -0.300. The average Bonchev–Trinajstić information content (AvgIpc) is 2.98. The van der Waals surface area contributed by atoms with E-state index in [0.717, 1.165) is 61.4 Å². The van der Waals surface area contributed by atoms with Crippen LogP contribution in [0.15, 0.2) is 121 Å². The fraction of sp³-hybridized carbons (Fsp3) is 0.409. The lowest BCUT2D eigenvalue weighted by Crippen LogP contribution is -2.27. The van der Waals surface area contributed by atoms with Crippen molar-refractivity contribution in [2.75, 3.05) is 0 Å². The van der Waals surface area contributed by atoms with E-state index in [9.17, 15) is 9.59 Å². The van der Waals surface area contributed by atoms with Gasteiger partial charge in [0.2, 0.25) is 0 Å². The molecular weight excluding hydrogens is 652 g/mol. The van der Waals surface area contributed by atoms with E-state index in [4.69, 9.17) is 11.6 Å². The van der Waals surface area contributed by atoms with Gasteiger partial charge < -0.3 is 0 Å². The van der Waals surface area contributed by atoms with Crippen LogP contribution in [-0.2, 0) is 9.59 Å². The lowest BCUT2D eigenvalue weighted by molar-refractivity contribution is -0.114. The van der Waals surface area contributed by atoms with Crippen LogP contribution in [-0.4, -0.2) is 11.6 Å². The van der Waals surface area contributed by atoms with Crippen molar-refractivity contribution >= 4 is 34.5 Å². The van der Waals surface area contributed by atoms with Gasteiger partial charge in [-0.2, -0.15) is 15.3 Å². The minimum Gasteiger partial charge on any atom is -0.289 e. The van der Waals surface area contributed by atoms with Crippen LogP contribution in [0.5, 0.6) is 0 Å². The number of azo groups is 2. The number of aryl methyl sites for hydroxylation is 2. The molecule has 6 nitrogen and oxygen atoms in total. The first-order valence-corrected chi connectivity index (χ1v) is 17.9. The molecule has 0 bridgehead atoms. The Morgan fingerprint density at radius 2 is 0.922 bits per heavy atom. The normalized spacial score (nSPS) is 16.5. The number of carbonyl (C=O) groups excluding carboxylic acids is 2. The number of hydrogen-bond acceptors (Lipinski definition) is 6. The minimum absolute atomic E-state index is 0.0825. The Hall–Kier alpha value is -4.29. The van der Waals surface area contributed by atoms with Gasteiger partial charge in [0.15, 0.2) is 11.6 Å². The van der Waals surface area contributed by atoms with E-state index in [-0.39, 0.29) is 33.2 Å². The van der Waals surface area contributed by atoms with Crippen molar-refractivity contribution in [3.8, 4) is 11.1 Å². The molecule has 0 fully saturated rings. The van der Waals surface area contributed by atoms with Gasteiger partial charge in [-0.05, 0) is 117 Å². The van der Waals surface area contributed by atoms with E-state index in [1.54, 1.807) is 12.4 Å². The van der Waals surface area contributed by atoms with Crippen molar-refractivity contribution < 1.29 is 9.59 Å². The van der Waals surface area contributed by atoms with Crippen LogP contribution in [0.2, 0.25) is 5.02 Å². The number of allylic oxidation sites excluding steroid dienone is 10. The summed E-state index contributed by atoms with van der Waals surface area (Å²) in [5.41, 5.74) is 8.87. The predicted octanol–water partition coefficient (Wildman–Crippen LogP) is 13.6. The van der Waals surface area contributed by atoms with Crippen LogP contribution < -0.4 is 0 Å².